The molecule has 1 aromatic carbocycles. The molecule has 0 heterocycles. The van der Waals surface area contributed by atoms with Crippen LogP contribution in [0.5, 0.6) is 5.75 Å². The summed E-state index contributed by atoms with van der Waals surface area (Å²) < 4.78 is 55.3. The van der Waals surface area contributed by atoms with Gasteiger partial charge in [0.1, 0.15) is 5.75 Å². The van der Waals surface area contributed by atoms with Crippen LogP contribution in [0.25, 0.3) is 0 Å². The van der Waals surface area contributed by atoms with Crippen molar-refractivity contribution in [3.63, 3.8) is 0 Å². The van der Waals surface area contributed by atoms with E-state index in [4.69, 9.17) is 0 Å². The molecule has 1 N–H and O–H groups in total. The first-order valence-electron chi connectivity index (χ1n) is 6.53. The monoisotopic (exact) mass is 354 g/mol. The molecule has 0 spiro atoms. The van der Waals surface area contributed by atoms with Crippen molar-refractivity contribution in [2.45, 2.75) is 44.8 Å². The molecule has 0 amide bonds. The van der Waals surface area contributed by atoms with E-state index in [0.29, 0.717) is 0 Å². The van der Waals surface area contributed by atoms with Gasteiger partial charge in [0.2, 0.25) is 0 Å². The van der Waals surface area contributed by atoms with E-state index in [1.807, 2.05) is 0 Å². The number of halogens is 3. The minimum Gasteiger partial charge on any atom is -0.405 e. The Hall–Kier alpha value is -1.68. The first kappa shape index (κ1) is 19.4. The summed E-state index contributed by atoms with van der Waals surface area (Å²) in [4.78, 5) is 10.1. The molecule has 2 atom stereocenters. The summed E-state index contributed by atoms with van der Waals surface area (Å²) in [7, 11) is -1.57. The lowest BCUT2D eigenvalue weighted by molar-refractivity contribution is -0.385. The molecule has 0 aliphatic heterocycles. The van der Waals surface area contributed by atoms with Gasteiger partial charge < -0.3 is 4.74 Å². The van der Waals surface area contributed by atoms with E-state index in [9.17, 15) is 27.5 Å². The van der Waals surface area contributed by atoms with Gasteiger partial charge in [-0.05, 0) is 33.8 Å². The number of nitro benzene ring substituents is 1. The summed E-state index contributed by atoms with van der Waals surface area (Å²) in [6.45, 7) is 6.50. The van der Waals surface area contributed by atoms with Crippen molar-refractivity contribution in [3.05, 3.63) is 33.9 Å². The van der Waals surface area contributed by atoms with Crippen LogP contribution in [0.4, 0.5) is 18.9 Å². The van der Waals surface area contributed by atoms with Crippen molar-refractivity contribution < 1.29 is 27.0 Å². The number of hydrogen-bond donors (Lipinski definition) is 1. The quantitative estimate of drug-likeness (QED) is 0.647. The number of benzene rings is 1. The van der Waals surface area contributed by atoms with Crippen molar-refractivity contribution in [2.75, 3.05) is 0 Å². The lowest BCUT2D eigenvalue weighted by Gasteiger charge is -2.23. The molecule has 130 valence electrons. The standard InChI is InChI=1S/C13H17F3N2O4S/c1-8(17-23(21)12(2,3)4)10-7-9(18(19)20)5-6-11(10)22-13(14,15)16/h5-8,17H,1-4H3/t8-,23-/m1/s1. The van der Waals surface area contributed by atoms with E-state index in [-0.39, 0.29) is 11.3 Å². The highest BCUT2D eigenvalue weighted by atomic mass is 32.2. The molecule has 0 aromatic heterocycles. The number of rotatable bonds is 5. The number of nitrogens with zero attached hydrogens (tertiary/aromatic N) is 1. The third-order valence-electron chi connectivity index (χ3n) is 2.74. The molecule has 10 heteroatoms. The van der Waals surface area contributed by atoms with Crippen LogP contribution in [0, 0.1) is 10.1 Å². The van der Waals surface area contributed by atoms with Crippen LogP contribution in [0.3, 0.4) is 0 Å². The number of nitro groups is 1. The van der Waals surface area contributed by atoms with E-state index in [1.54, 1.807) is 20.8 Å². The molecule has 0 saturated carbocycles. The van der Waals surface area contributed by atoms with Gasteiger partial charge in [-0.2, -0.15) is 0 Å². The molecule has 0 aliphatic rings. The first-order valence-corrected chi connectivity index (χ1v) is 7.68. The van der Waals surface area contributed by atoms with Crippen LogP contribution in [-0.2, 0) is 11.0 Å². The van der Waals surface area contributed by atoms with Gasteiger partial charge in [-0.15, -0.1) is 13.2 Å². The summed E-state index contributed by atoms with van der Waals surface area (Å²) in [6, 6.07) is 1.91. The molecule has 6 nitrogen and oxygen atoms in total. The van der Waals surface area contributed by atoms with Crippen LogP contribution < -0.4 is 9.46 Å². The highest BCUT2D eigenvalue weighted by Crippen LogP contribution is 2.33. The molecule has 1 rings (SSSR count). The normalized spacial score (nSPS) is 15.1. The zero-order chi connectivity index (χ0) is 18.0. The zero-order valence-electron chi connectivity index (χ0n) is 12.9. The second-order valence-electron chi connectivity index (χ2n) is 5.75. The first-order chi connectivity index (χ1) is 10.3. The maximum atomic E-state index is 12.5. The second kappa shape index (κ2) is 6.83. The van der Waals surface area contributed by atoms with Crippen LogP contribution in [0.15, 0.2) is 18.2 Å². The molecular formula is C13H17F3N2O4S. The lowest BCUT2D eigenvalue weighted by atomic mass is 10.1. The number of nitrogens with one attached hydrogen (secondary N) is 1. The summed E-state index contributed by atoms with van der Waals surface area (Å²) >= 11 is 0. The van der Waals surface area contributed by atoms with E-state index >= 15 is 0 Å². The van der Waals surface area contributed by atoms with Gasteiger partial charge in [0.05, 0.1) is 20.7 Å². The van der Waals surface area contributed by atoms with Crippen LogP contribution in [0.2, 0.25) is 0 Å². The molecule has 0 bridgehead atoms. The number of ether oxygens (including phenoxy) is 1. The Kier molecular flexibility index (Phi) is 5.75. The van der Waals surface area contributed by atoms with E-state index in [2.05, 4.69) is 9.46 Å². The average molecular weight is 354 g/mol. The van der Waals surface area contributed by atoms with Gasteiger partial charge >= 0.3 is 6.36 Å². The molecule has 0 unspecified atom stereocenters. The molecule has 0 saturated heterocycles. The second-order valence-corrected chi connectivity index (χ2v) is 7.75. The predicted molar refractivity (Wildman–Crippen MR) is 79.2 cm³/mol. The highest BCUT2D eigenvalue weighted by molar-refractivity contribution is 7.84. The lowest BCUT2D eigenvalue weighted by Crippen LogP contribution is -2.35. The number of alkyl halides is 3. The third kappa shape index (κ3) is 5.79. The Bertz CT molecular complexity index is 614. The average Bonchev–Trinajstić information content (AvgIpc) is 2.35. The number of non-ortho nitro benzene ring substituents is 1. The molecular weight excluding hydrogens is 337 g/mol. The molecule has 1 aromatic rings. The van der Waals surface area contributed by atoms with Gasteiger partial charge in [-0.3, -0.25) is 10.1 Å². The van der Waals surface area contributed by atoms with Crippen LogP contribution >= 0.6 is 0 Å². The molecule has 0 radical (unpaired) electrons. The summed E-state index contributed by atoms with van der Waals surface area (Å²) in [6.07, 6.45) is -4.94. The largest absolute Gasteiger partial charge is 0.573 e. The zero-order valence-corrected chi connectivity index (χ0v) is 13.7. The Morgan fingerprint density at radius 2 is 1.87 bits per heavy atom. The fourth-order valence-corrected chi connectivity index (χ4v) is 2.41. The number of hydrogen-bond acceptors (Lipinski definition) is 4. The molecule has 0 fully saturated rings. The molecule has 0 aliphatic carbocycles. The van der Waals surface area contributed by atoms with Gasteiger partial charge in [-0.25, -0.2) is 8.93 Å². The van der Waals surface area contributed by atoms with Crippen molar-refractivity contribution in [2.24, 2.45) is 0 Å². The van der Waals surface area contributed by atoms with E-state index < -0.39 is 38.8 Å². The van der Waals surface area contributed by atoms with E-state index in [0.717, 1.165) is 18.2 Å². The van der Waals surface area contributed by atoms with Crippen molar-refractivity contribution in [1.29, 1.82) is 0 Å². The molecule has 23 heavy (non-hydrogen) atoms. The minimum atomic E-state index is -4.94. The topological polar surface area (TPSA) is 81.5 Å². The predicted octanol–water partition coefficient (Wildman–Crippen LogP) is 3.61. The minimum absolute atomic E-state index is 0.103. The highest BCUT2D eigenvalue weighted by Gasteiger charge is 2.33. The van der Waals surface area contributed by atoms with Gasteiger partial charge in [0.15, 0.2) is 0 Å². The Labute approximate surface area is 133 Å². The van der Waals surface area contributed by atoms with Gasteiger partial charge in [0.25, 0.3) is 5.69 Å². The summed E-state index contributed by atoms with van der Waals surface area (Å²) in [5.41, 5.74) is -0.487. The third-order valence-corrected chi connectivity index (χ3v) is 4.42. The van der Waals surface area contributed by atoms with Crippen LogP contribution in [-0.4, -0.2) is 20.2 Å². The maximum absolute atomic E-state index is 12.5. The fourth-order valence-electron chi connectivity index (χ4n) is 1.61. The van der Waals surface area contributed by atoms with Crippen molar-refractivity contribution >= 4 is 16.7 Å². The van der Waals surface area contributed by atoms with Gasteiger partial charge in [-0.1, -0.05) is 0 Å². The van der Waals surface area contributed by atoms with Gasteiger partial charge in [0, 0.05) is 23.7 Å². The fraction of sp³-hybridized carbons (Fsp3) is 0.538. The van der Waals surface area contributed by atoms with Crippen LogP contribution in [0.1, 0.15) is 39.3 Å². The van der Waals surface area contributed by atoms with Crippen molar-refractivity contribution in [1.82, 2.24) is 4.72 Å². The smallest absolute Gasteiger partial charge is 0.405 e. The Morgan fingerprint density at radius 1 is 1.30 bits per heavy atom. The van der Waals surface area contributed by atoms with Crippen molar-refractivity contribution in [3.8, 4) is 5.75 Å². The summed E-state index contributed by atoms with van der Waals surface area (Å²) in [5, 5.41) is 10.8. The summed E-state index contributed by atoms with van der Waals surface area (Å²) in [5.74, 6) is -0.575. The van der Waals surface area contributed by atoms with E-state index in [1.165, 1.54) is 6.92 Å². The Balaban J connectivity index is 3.20. The maximum Gasteiger partial charge on any atom is 0.573 e. The Morgan fingerprint density at radius 3 is 2.30 bits per heavy atom. The SMILES string of the molecule is C[C@@H](N[S@](=O)C(C)(C)C)c1cc([N+](=O)[O-])ccc1OC(F)(F)F.